The lowest BCUT2D eigenvalue weighted by Gasteiger charge is -2.28. The van der Waals surface area contributed by atoms with Crippen molar-refractivity contribution in [3.05, 3.63) is 0 Å². The molecule has 0 aromatic carbocycles. The number of hydrogen-bond acceptors (Lipinski definition) is 2. The molecular formula is C13H23FO2. The molecule has 2 aliphatic carbocycles. The predicted octanol–water partition coefficient (Wildman–Crippen LogP) is 2.95. The maximum Gasteiger partial charge on any atom is 0.127 e. The molecule has 0 spiro atoms. The number of fused-ring (bicyclic) bond motifs is 1. The fourth-order valence-corrected chi connectivity index (χ4v) is 2.65. The first-order valence-corrected chi connectivity index (χ1v) is 6.22. The van der Waals surface area contributed by atoms with E-state index in [0.29, 0.717) is 6.61 Å². The van der Waals surface area contributed by atoms with Gasteiger partial charge in [-0.1, -0.05) is 0 Å². The van der Waals surface area contributed by atoms with Crippen molar-refractivity contribution in [3.8, 4) is 0 Å². The first-order chi connectivity index (χ1) is 7.88. The smallest absolute Gasteiger partial charge is 0.127 e. The second-order valence-corrected chi connectivity index (χ2v) is 5.65. The van der Waals surface area contributed by atoms with Crippen LogP contribution in [0.1, 0.15) is 41.9 Å². The molecule has 2 nitrogen and oxygen atoms in total. The summed E-state index contributed by atoms with van der Waals surface area (Å²) in [6.07, 6.45) is -1.21. The van der Waals surface area contributed by atoms with Gasteiger partial charge >= 0.3 is 0 Å². The SMILES string of the molecule is [3H][C@@H]1[C@@H](F)[C@H](OC(C)C)[C@]2(COC(C)C)C[C@H]12. The maximum atomic E-state index is 14.0. The summed E-state index contributed by atoms with van der Waals surface area (Å²) in [5.74, 6) is 0.125. The monoisotopic (exact) mass is 232 g/mol. The van der Waals surface area contributed by atoms with Crippen molar-refractivity contribution >= 4 is 0 Å². The summed E-state index contributed by atoms with van der Waals surface area (Å²) < 4.78 is 33.2. The average Bonchev–Trinajstić information content (AvgIpc) is 2.92. The third-order valence-electron chi connectivity index (χ3n) is 3.55. The van der Waals surface area contributed by atoms with Crippen LogP contribution in [0.2, 0.25) is 0 Å². The molecule has 2 rings (SSSR count). The second kappa shape index (κ2) is 4.26. The zero-order chi connectivity index (χ0) is 12.8. The van der Waals surface area contributed by atoms with Gasteiger partial charge in [-0.25, -0.2) is 4.39 Å². The van der Waals surface area contributed by atoms with Crippen LogP contribution in [0.25, 0.3) is 0 Å². The summed E-state index contributed by atoms with van der Waals surface area (Å²) in [7, 11) is 0. The molecule has 0 radical (unpaired) electrons. The van der Waals surface area contributed by atoms with Gasteiger partial charge in [0.2, 0.25) is 0 Å². The Hall–Kier alpha value is -0.150. The van der Waals surface area contributed by atoms with Crippen LogP contribution in [0.3, 0.4) is 0 Å². The van der Waals surface area contributed by atoms with Gasteiger partial charge in [-0.05, 0) is 46.4 Å². The van der Waals surface area contributed by atoms with Crippen molar-refractivity contribution in [1.29, 1.82) is 0 Å². The number of halogens is 1. The Balaban J connectivity index is 2.05. The molecule has 2 aliphatic rings. The molecule has 2 fully saturated rings. The molecule has 0 N–H and O–H groups in total. The Labute approximate surface area is 98.9 Å². The Morgan fingerprint density at radius 2 is 2.06 bits per heavy atom. The lowest BCUT2D eigenvalue weighted by atomic mass is 10.0. The van der Waals surface area contributed by atoms with E-state index in [0.717, 1.165) is 6.42 Å². The van der Waals surface area contributed by atoms with Crippen molar-refractivity contribution in [2.75, 3.05) is 6.61 Å². The molecule has 0 bridgehead atoms. The van der Waals surface area contributed by atoms with Crippen LogP contribution in [-0.2, 0) is 9.47 Å². The van der Waals surface area contributed by atoms with E-state index < -0.39 is 18.7 Å². The molecular weight excluding hydrogens is 207 g/mol. The van der Waals surface area contributed by atoms with E-state index in [-0.39, 0.29) is 23.5 Å². The highest BCUT2D eigenvalue weighted by atomic mass is 19.1. The number of ether oxygens (including phenoxy) is 2. The third-order valence-corrected chi connectivity index (χ3v) is 3.55. The largest absolute Gasteiger partial charge is 0.378 e. The lowest BCUT2D eigenvalue weighted by Crippen LogP contribution is -2.36. The van der Waals surface area contributed by atoms with Crippen LogP contribution in [0.5, 0.6) is 0 Å². The van der Waals surface area contributed by atoms with Crippen molar-refractivity contribution in [1.82, 2.24) is 0 Å². The van der Waals surface area contributed by atoms with Gasteiger partial charge < -0.3 is 9.47 Å². The van der Waals surface area contributed by atoms with Gasteiger partial charge in [0.25, 0.3) is 0 Å². The highest BCUT2D eigenvalue weighted by molar-refractivity contribution is 5.16. The highest BCUT2D eigenvalue weighted by Crippen LogP contribution is 2.65. The van der Waals surface area contributed by atoms with Gasteiger partial charge in [0.05, 0.1) is 24.9 Å². The Kier molecular flexibility index (Phi) is 2.92. The van der Waals surface area contributed by atoms with E-state index in [9.17, 15) is 4.39 Å². The van der Waals surface area contributed by atoms with E-state index in [4.69, 9.17) is 10.8 Å². The van der Waals surface area contributed by atoms with Crippen LogP contribution in [0.15, 0.2) is 0 Å². The number of rotatable bonds is 5. The second-order valence-electron chi connectivity index (χ2n) is 5.65. The first-order valence-electron chi connectivity index (χ1n) is 6.79. The quantitative estimate of drug-likeness (QED) is 0.725. The molecule has 0 heterocycles. The van der Waals surface area contributed by atoms with Crippen molar-refractivity contribution in [3.63, 3.8) is 0 Å². The van der Waals surface area contributed by atoms with Gasteiger partial charge in [-0.15, -0.1) is 0 Å². The highest BCUT2D eigenvalue weighted by Gasteiger charge is 2.67. The minimum atomic E-state index is -1.16. The Morgan fingerprint density at radius 1 is 1.38 bits per heavy atom. The molecule has 0 unspecified atom stereocenters. The van der Waals surface area contributed by atoms with Crippen LogP contribution < -0.4 is 0 Å². The van der Waals surface area contributed by atoms with Crippen LogP contribution in [0, 0.1) is 11.3 Å². The van der Waals surface area contributed by atoms with Crippen molar-refractivity contribution in [2.45, 2.75) is 65.0 Å². The molecule has 0 aromatic heterocycles. The van der Waals surface area contributed by atoms with Crippen LogP contribution in [0.4, 0.5) is 4.39 Å². The van der Waals surface area contributed by atoms with Crippen molar-refractivity contribution in [2.24, 2.45) is 11.3 Å². The minimum absolute atomic E-state index is 0.000671. The molecule has 2 saturated carbocycles. The third kappa shape index (κ3) is 2.12. The van der Waals surface area contributed by atoms with E-state index in [2.05, 4.69) is 0 Å². The van der Waals surface area contributed by atoms with E-state index in [1.807, 2.05) is 27.7 Å². The number of hydrogen-bond donors (Lipinski definition) is 0. The summed E-state index contributed by atoms with van der Waals surface area (Å²) in [5, 5.41) is 0. The summed E-state index contributed by atoms with van der Waals surface area (Å²) in [5.41, 5.74) is -0.222. The molecule has 3 heteroatoms. The summed E-state index contributed by atoms with van der Waals surface area (Å²) in [4.78, 5) is 0. The first kappa shape index (κ1) is 11.0. The lowest BCUT2D eigenvalue weighted by molar-refractivity contribution is -0.0876. The molecule has 0 amide bonds. The normalized spacial score (nSPS) is 47.3. The molecule has 94 valence electrons. The topological polar surface area (TPSA) is 18.5 Å². The van der Waals surface area contributed by atoms with Crippen LogP contribution in [-0.4, -0.2) is 31.1 Å². The fourth-order valence-electron chi connectivity index (χ4n) is 2.65. The maximum absolute atomic E-state index is 14.0. The molecule has 0 aliphatic heterocycles. The molecule has 0 aromatic rings. The van der Waals surface area contributed by atoms with Gasteiger partial charge in [-0.3, -0.25) is 0 Å². The van der Waals surface area contributed by atoms with Crippen molar-refractivity contribution < 1.29 is 15.2 Å². The van der Waals surface area contributed by atoms with Gasteiger partial charge in [0, 0.05) is 6.79 Å². The minimum Gasteiger partial charge on any atom is -0.378 e. The van der Waals surface area contributed by atoms with E-state index in [1.165, 1.54) is 0 Å². The van der Waals surface area contributed by atoms with Gasteiger partial charge in [0.1, 0.15) is 6.17 Å². The Bertz CT molecular complexity index is 285. The summed E-state index contributed by atoms with van der Waals surface area (Å²) >= 11 is 0. The van der Waals surface area contributed by atoms with E-state index in [1.54, 1.807) is 0 Å². The summed E-state index contributed by atoms with van der Waals surface area (Å²) in [6, 6.07) is 0. The van der Waals surface area contributed by atoms with Gasteiger partial charge in [0.15, 0.2) is 0 Å². The predicted molar refractivity (Wildman–Crippen MR) is 61.2 cm³/mol. The molecule has 16 heavy (non-hydrogen) atoms. The zero-order valence-electron chi connectivity index (χ0n) is 11.6. The Morgan fingerprint density at radius 3 is 2.62 bits per heavy atom. The molecule has 0 saturated heterocycles. The molecule has 5 atom stereocenters. The summed E-state index contributed by atoms with van der Waals surface area (Å²) in [6.45, 7) is 8.32. The fraction of sp³-hybridized carbons (Fsp3) is 1.00. The standard InChI is InChI=1S/C13H23FO2/c1-8(2)15-7-13-6-10(13)5-11(14)12(13)16-9(3)4/h8-12H,5-7H2,1-4H3/t10-,11+,12-,13-/m0/s1/i5T/t5-,10-,11+,12-,13-. The van der Waals surface area contributed by atoms with E-state index >= 15 is 0 Å². The average molecular weight is 232 g/mol. The zero-order valence-corrected chi connectivity index (χ0v) is 10.6. The van der Waals surface area contributed by atoms with Crippen LogP contribution >= 0.6 is 0 Å². The van der Waals surface area contributed by atoms with Gasteiger partial charge in [-0.2, -0.15) is 0 Å². The number of alkyl halides is 1.